The summed E-state index contributed by atoms with van der Waals surface area (Å²) >= 11 is 1.48. The van der Waals surface area contributed by atoms with Gasteiger partial charge in [0.25, 0.3) is 0 Å². The van der Waals surface area contributed by atoms with Crippen LogP contribution in [0.3, 0.4) is 0 Å². The van der Waals surface area contributed by atoms with Gasteiger partial charge < -0.3 is 48.5 Å². The molecular weight excluding hydrogens is 498 g/mol. The van der Waals surface area contributed by atoms with Gasteiger partial charge in [-0.25, -0.2) is 4.79 Å². The van der Waals surface area contributed by atoms with Gasteiger partial charge in [0.1, 0.15) is 18.1 Å². The van der Waals surface area contributed by atoms with E-state index in [2.05, 4.69) is 20.9 Å². The SMILES string of the molecule is CSCCC(N)C(=O)NC(C(=O)NC(CCCN=C(N)N)C(=O)NC(CCC(=O)O)C(=O)O)C(C)O. The lowest BCUT2D eigenvalue weighted by Gasteiger charge is -2.26. The van der Waals surface area contributed by atoms with Crippen molar-refractivity contribution in [2.24, 2.45) is 22.2 Å². The molecule has 5 atom stereocenters. The number of nitrogens with zero attached hydrogens (tertiary/aromatic N) is 1. The van der Waals surface area contributed by atoms with Gasteiger partial charge in [-0.2, -0.15) is 11.8 Å². The second-order valence-electron chi connectivity index (χ2n) is 7.96. The van der Waals surface area contributed by atoms with Crippen molar-refractivity contribution in [2.45, 2.75) is 69.3 Å². The molecule has 0 aromatic carbocycles. The maximum absolute atomic E-state index is 12.9. The number of carbonyl (C=O) groups is 5. The van der Waals surface area contributed by atoms with Gasteiger partial charge in [-0.3, -0.25) is 24.2 Å². The average Bonchev–Trinajstić information content (AvgIpc) is 2.79. The van der Waals surface area contributed by atoms with E-state index in [-0.39, 0.29) is 31.8 Å². The van der Waals surface area contributed by atoms with Crippen LogP contribution in [-0.2, 0) is 24.0 Å². The lowest BCUT2D eigenvalue weighted by molar-refractivity contribution is -0.143. The molecule has 206 valence electrons. The topological polar surface area (TPSA) is 273 Å². The van der Waals surface area contributed by atoms with Crippen LogP contribution in [0.2, 0.25) is 0 Å². The van der Waals surface area contributed by atoms with Gasteiger partial charge in [0, 0.05) is 13.0 Å². The molecule has 36 heavy (non-hydrogen) atoms. The zero-order chi connectivity index (χ0) is 27.8. The third-order valence-corrected chi connectivity index (χ3v) is 5.52. The molecule has 12 N–H and O–H groups in total. The quantitative estimate of drug-likeness (QED) is 0.0479. The lowest BCUT2D eigenvalue weighted by atomic mass is 10.1. The maximum Gasteiger partial charge on any atom is 0.326 e. The van der Waals surface area contributed by atoms with Gasteiger partial charge >= 0.3 is 11.9 Å². The Balaban J connectivity index is 5.54. The van der Waals surface area contributed by atoms with Crippen molar-refractivity contribution in [1.29, 1.82) is 0 Å². The molecule has 0 aliphatic carbocycles. The summed E-state index contributed by atoms with van der Waals surface area (Å²) < 4.78 is 0. The van der Waals surface area contributed by atoms with Crippen molar-refractivity contribution in [1.82, 2.24) is 16.0 Å². The number of aliphatic carboxylic acids is 2. The highest BCUT2D eigenvalue weighted by atomic mass is 32.2. The van der Waals surface area contributed by atoms with E-state index in [1.165, 1.54) is 18.7 Å². The first-order chi connectivity index (χ1) is 16.8. The van der Waals surface area contributed by atoms with Crippen LogP contribution < -0.4 is 33.2 Å². The molecule has 0 saturated heterocycles. The van der Waals surface area contributed by atoms with Crippen LogP contribution in [0.1, 0.15) is 39.0 Å². The molecule has 0 aliphatic rings. The number of carboxylic acid groups (broad SMARTS) is 2. The largest absolute Gasteiger partial charge is 0.481 e. The number of nitrogens with two attached hydrogens (primary N) is 3. The number of hydrogen-bond acceptors (Lipinski definition) is 9. The van der Waals surface area contributed by atoms with Gasteiger partial charge in [-0.05, 0) is 44.6 Å². The van der Waals surface area contributed by atoms with Crippen molar-refractivity contribution in [2.75, 3.05) is 18.6 Å². The van der Waals surface area contributed by atoms with Crippen molar-refractivity contribution < 1.29 is 39.3 Å². The van der Waals surface area contributed by atoms with Crippen LogP contribution >= 0.6 is 11.8 Å². The molecule has 0 rings (SSSR count). The highest BCUT2D eigenvalue weighted by Gasteiger charge is 2.32. The molecule has 0 heterocycles. The summed E-state index contributed by atoms with van der Waals surface area (Å²) in [5.41, 5.74) is 16.3. The fraction of sp³-hybridized carbons (Fsp3) is 0.700. The Morgan fingerprint density at radius 3 is 2.03 bits per heavy atom. The van der Waals surface area contributed by atoms with E-state index < -0.39 is 66.4 Å². The molecular formula is C20H37N7O8S. The van der Waals surface area contributed by atoms with Crippen LogP contribution in [0.4, 0.5) is 0 Å². The first-order valence-electron chi connectivity index (χ1n) is 11.1. The number of carboxylic acids is 2. The molecule has 0 aliphatic heterocycles. The Bertz CT molecular complexity index is 792. The molecule has 5 unspecified atom stereocenters. The Morgan fingerprint density at radius 1 is 0.917 bits per heavy atom. The maximum atomic E-state index is 12.9. The molecule has 0 spiro atoms. The van der Waals surface area contributed by atoms with E-state index in [0.29, 0.717) is 12.2 Å². The van der Waals surface area contributed by atoms with Gasteiger partial charge in [0.2, 0.25) is 17.7 Å². The van der Waals surface area contributed by atoms with E-state index in [9.17, 15) is 34.2 Å². The van der Waals surface area contributed by atoms with E-state index >= 15 is 0 Å². The van der Waals surface area contributed by atoms with Gasteiger partial charge in [0.05, 0.1) is 12.1 Å². The summed E-state index contributed by atoms with van der Waals surface area (Å²) in [7, 11) is 0. The molecule has 0 aromatic heterocycles. The summed E-state index contributed by atoms with van der Waals surface area (Å²) in [4.78, 5) is 64.0. The Labute approximate surface area is 213 Å². The number of aliphatic imine (C=N–C) groups is 1. The monoisotopic (exact) mass is 535 g/mol. The van der Waals surface area contributed by atoms with Crippen molar-refractivity contribution in [3.63, 3.8) is 0 Å². The summed E-state index contributed by atoms with van der Waals surface area (Å²) in [5.74, 6) is -4.77. The number of carbonyl (C=O) groups excluding carboxylic acids is 3. The molecule has 0 radical (unpaired) electrons. The fourth-order valence-corrected chi connectivity index (χ4v) is 3.36. The lowest BCUT2D eigenvalue weighted by Crippen LogP contribution is -2.59. The van der Waals surface area contributed by atoms with Crippen LogP contribution in [0.25, 0.3) is 0 Å². The van der Waals surface area contributed by atoms with E-state index in [1.807, 2.05) is 6.26 Å². The smallest absolute Gasteiger partial charge is 0.326 e. The zero-order valence-corrected chi connectivity index (χ0v) is 21.1. The zero-order valence-electron chi connectivity index (χ0n) is 20.3. The second-order valence-corrected chi connectivity index (χ2v) is 8.94. The summed E-state index contributed by atoms with van der Waals surface area (Å²) in [6.07, 6.45) is 0.100. The number of thioether (sulfide) groups is 1. The minimum absolute atomic E-state index is 0.0344. The number of aliphatic hydroxyl groups is 1. The summed E-state index contributed by atoms with van der Waals surface area (Å²) in [6.45, 7) is 1.36. The van der Waals surface area contributed by atoms with Gasteiger partial charge in [0.15, 0.2) is 5.96 Å². The minimum Gasteiger partial charge on any atom is -0.481 e. The fourth-order valence-electron chi connectivity index (χ4n) is 2.87. The highest BCUT2D eigenvalue weighted by Crippen LogP contribution is 2.06. The predicted molar refractivity (Wildman–Crippen MR) is 133 cm³/mol. The minimum atomic E-state index is -1.52. The van der Waals surface area contributed by atoms with Crippen LogP contribution in [-0.4, -0.2) is 99.8 Å². The highest BCUT2D eigenvalue weighted by molar-refractivity contribution is 7.98. The molecule has 15 nitrogen and oxygen atoms in total. The molecule has 0 bridgehead atoms. The summed E-state index contributed by atoms with van der Waals surface area (Å²) in [6, 6.07) is -5.20. The second kappa shape index (κ2) is 17.3. The number of hydrogen-bond donors (Lipinski definition) is 9. The van der Waals surface area contributed by atoms with E-state index in [0.717, 1.165) is 0 Å². The van der Waals surface area contributed by atoms with Gasteiger partial charge in [-0.1, -0.05) is 0 Å². The third kappa shape index (κ3) is 13.7. The molecule has 0 saturated carbocycles. The third-order valence-electron chi connectivity index (χ3n) is 4.87. The predicted octanol–water partition coefficient (Wildman–Crippen LogP) is -3.09. The number of guanidine groups is 1. The van der Waals surface area contributed by atoms with Crippen LogP contribution in [0, 0.1) is 0 Å². The normalized spacial score (nSPS) is 14.9. The van der Waals surface area contributed by atoms with E-state index in [1.54, 1.807) is 0 Å². The Morgan fingerprint density at radius 2 is 1.53 bits per heavy atom. The van der Waals surface area contributed by atoms with Crippen molar-refractivity contribution in [3.05, 3.63) is 0 Å². The number of rotatable bonds is 18. The number of nitrogens with one attached hydrogen (secondary N) is 3. The summed E-state index contributed by atoms with van der Waals surface area (Å²) in [5, 5.41) is 35.1. The standard InChI is InChI=1S/C20H37N7O8S/c1-10(28)15(27-16(31)11(21)7-9-36-2)18(33)25-12(4-3-8-24-20(22)23)17(32)26-13(19(34)35)5-6-14(29)30/h10-13,15,28H,3-9,21H2,1-2H3,(H,25,33)(H,26,32)(H,27,31)(H,29,30)(H,34,35)(H4,22,23,24). The van der Waals surface area contributed by atoms with Crippen LogP contribution in [0.5, 0.6) is 0 Å². The van der Waals surface area contributed by atoms with E-state index in [4.69, 9.17) is 22.3 Å². The number of amides is 3. The molecule has 0 aromatic rings. The molecule has 16 heteroatoms. The van der Waals surface area contributed by atoms with Crippen molar-refractivity contribution in [3.8, 4) is 0 Å². The number of aliphatic hydroxyl groups excluding tert-OH is 1. The van der Waals surface area contributed by atoms with Crippen LogP contribution in [0.15, 0.2) is 4.99 Å². The Kier molecular flexibility index (Phi) is 15.8. The van der Waals surface area contributed by atoms with Gasteiger partial charge in [-0.15, -0.1) is 0 Å². The Hall–Kier alpha value is -3.11. The first kappa shape index (κ1) is 32.9. The first-order valence-corrected chi connectivity index (χ1v) is 12.5. The molecule has 3 amide bonds. The van der Waals surface area contributed by atoms with Crippen molar-refractivity contribution >= 4 is 47.4 Å². The average molecular weight is 536 g/mol. The molecule has 0 fully saturated rings.